The number of benzene rings is 2. The maximum Gasteiger partial charge on any atom is 0.252 e. The molecule has 7 nitrogen and oxygen atoms in total. The quantitative estimate of drug-likeness (QED) is 0.371. The number of hydrogen-bond acceptors (Lipinski definition) is 6. The van der Waals surface area contributed by atoms with E-state index in [-0.39, 0.29) is 35.2 Å². The molecule has 1 fully saturated rings. The van der Waals surface area contributed by atoms with Crippen LogP contribution in [-0.2, 0) is 7.05 Å². The van der Waals surface area contributed by atoms with Crippen molar-refractivity contribution in [2.75, 3.05) is 25.1 Å². The van der Waals surface area contributed by atoms with Crippen LogP contribution in [0.4, 0.5) is 14.5 Å². The monoisotopic (exact) mass is 529 g/mol. The molecule has 3 heterocycles. The Morgan fingerprint density at radius 2 is 1.72 bits per heavy atom. The fourth-order valence-corrected chi connectivity index (χ4v) is 5.55. The number of anilines is 1. The number of ether oxygens (including phenoxy) is 1. The molecular weight excluding hydrogens is 500 g/mol. The largest absolute Gasteiger partial charge is 0.496 e. The van der Waals surface area contributed by atoms with E-state index in [0.717, 1.165) is 11.1 Å². The highest BCUT2D eigenvalue weighted by molar-refractivity contribution is 5.89. The number of pyridine rings is 2. The lowest BCUT2D eigenvalue weighted by molar-refractivity contribution is 0.128. The van der Waals surface area contributed by atoms with Crippen molar-refractivity contribution in [1.82, 2.24) is 14.5 Å². The highest BCUT2D eigenvalue weighted by Gasteiger charge is 2.37. The van der Waals surface area contributed by atoms with Gasteiger partial charge in [-0.15, -0.1) is 0 Å². The van der Waals surface area contributed by atoms with Crippen molar-refractivity contribution >= 4 is 16.7 Å². The van der Waals surface area contributed by atoms with Gasteiger partial charge in [-0.25, -0.2) is 13.8 Å². The molecule has 0 amide bonds. The summed E-state index contributed by atoms with van der Waals surface area (Å²) in [5, 5.41) is 9.45. The zero-order valence-electron chi connectivity index (χ0n) is 22.2. The number of piperazine rings is 1. The van der Waals surface area contributed by atoms with Crippen molar-refractivity contribution in [3.63, 3.8) is 0 Å². The van der Waals surface area contributed by atoms with Gasteiger partial charge in [0.1, 0.15) is 34.7 Å². The predicted octanol–water partition coefficient (Wildman–Crippen LogP) is 4.78. The number of fused-ring (bicyclic) bond motifs is 1. The van der Waals surface area contributed by atoms with Gasteiger partial charge in [-0.2, -0.15) is 5.26 Å². The van der Waals surface area contributed by atoms with Crippen molar-refractivity contribution in [3.8, 4) is 11.8 Å². The van der Waals surface area contributed by atoms with Gasteiger partial charge in [0.15, 0.2) is 0 Å². The second-order valence-electron chi connectivity index (χ2n) is 9.99. The molecule has 0 saturated carbocycles. The van der Waals surface area contributed by atoms with E-state index in [2.05, 4.69) is 34.7 Å². The summed E-state index contributed by atoms with van der Waals surface area (Å²) in [6, 6.07) is 17.4. The molecule has 2 aromatic carbocycles. The minimum absolute atomic E-state index is 0.0377. The van der Waals surface area contributed by atoms with Crippen LogP contribution in [0.3, 0.4) is 0 Å². The molecule has 0 bridgehead atoms. The van der Waals surface area contributed by atoms with Crippen molar-refractivity contribution < 1.29 is 13.5 Å². The van der Waals surface area contributed by atoms with Crippen LogP contribution in [0, 0.1) is 23.0 Å². The Morgan fingerprint density at radius 3 is 2.41 bits per heavy atom. The van der Waals surface area contributed by atoms with Crippen LogP contribution in [0.25, 0.3) is 11.0 Å². The smallest absolute Gasteiger partial charge is 0.252 e. The molecule has 4 aromatic rings. The first-order valence-corrected chi connectivity index (χ1v) is 12.7. The molecule has 1 aliphatic rings. The third-order valence-corrected chi connectivity index (χ3v) is 7.53. The van der Waals surface area contributed by atoms with Gasteiger partial charge < -0.3 is 14.2 Å². The summed E-state index contributed by atoms with van der Waals surface area (Å²) in [6.45, 7) is 5.30. The van der Waals surface area contributed by atoms with E-state index in [4.69, 9.17) is 4.74 Å². The molecule has 3 atom stereocenters. The summed E-state index contributed by atoms with van der Waals surface area (Å²) in [5.74, 6) is -0.324. The second-order valence-corrected chi connectivity index (χ2v) is 9.99. The minimum Gasteiger partial charge on any atom is -0.496 e. The molecule has 1 saturated heterocycles. The van der Waals surface area contributed by atoms with Crippen LogP contribution in [0.2, 0.25) is 0 Å². The number of nitriles is 1. The molecule has 0 radical (unpaired) electrons. The summed E-state index contributed by atoms with van der Waals surface area (Å²) in [4.78, 5) is 21.9. The molecule has 1 unspecified atom stereocenters. The first kappa shape index (κ1) is 26.3. The molecule has 0 N–H and O–H groups in total. The Bertz CT molecular complexity index is 1630. The lowest BCUT2D eigenvalue weighted by atomic mass is 9.92. The Labute approximate surface area is 225 Å². The summed E-state index contributed by atoms with van der Waals surface area (Å²) >= 11 is 0. The fourth-order valence-electron chi connectivity index (χ4n) is 5.55. The van der Waals surface area contributed by atoms with Gasteiger partial charge in [0.25, 0.3) is 5.56 Å². The van der Waals surface area contributed by atoms with Gasteiger partial charge in [0.2, 0.25) is 0 Å². The summed E-state index contributed by atoms with van der Waals surface area (Å²) in [7, 11) is 3.20. The van der Waals surface area contributed by atoms with E-state index in [1.807, 2.05) is 0 Å². The van der Waals surface area contributed by atoms with E-state index in [9.17, 15) is 18.8 Å². The van der Waals surface area contributed by atoms with E-state index in [1.165, 1.54) is 35.9 Å². The third kappa shape index (κ3) is 4.84. The lowest BCUT2D eigenvalue weighted by Gasteiger charge is -2.48. The molecule has 39 heavy (non-hydrogen) atoms. The second kappa shape index (κ2) is 10.5. The highest BCUT2D eigenvalue weighted by Crippen LogP contribution is 2.39. The third-order valence-electron chi connectivity index (χ3n) is 7.53. The zero-order valence-corrected chi connectivity index (χ0v) is 22.2. The molecular formula is C30H29F2N5O2. The van der Waals surface area contributed by atoms with Crippen molar-refractivity contribution in [2.24, 2.45) is 7.05 Å². The van der Waals surface area contributed by atoms with E-state index in [0.29, 0.717) is 35.6 Å². The number of aryl methyl sites for hydroxylation is 1. The van der Waals surface area contributed by atoms with Gasteiger partial charge in [-0.3, -0.25) is 9.69 Å². The van der Waals surface area contributed by atoms with Crippen LogP contribution in [0.15, 0.2) is 65.5 Å². The maximum atomic E-state index is 14.1. The normalized spacial score (nSPS) is 18.6. The fraction of sp³-hybridized carbons (Fsp3) is 0.300. The first-order valence-electron chi connectivity index (χ1n) is 12.7. The van der Waals surface area contributed by atoms with E-state index >= 15 is 0 Å². The predicted molar refractivity (Wildman–Crippen MR) is 146 cm³/mol. The SMILES string of the molecule is COc1cc(F)ccc1C(c1ccc(F)cc1)N1C[C@@H](C)N(c2cc(=O)n(C)c3ccc(C#N)nc23)C[C@@H]1C. The number of halogens is 2. The number of hydrogen-bond donors (Lipinski definition) is 0. The van der Waals surface area contributed by atoms with Gasteiger partial charge in [-0.1, -0.05) is 18.2 Å². The van der Waals surface area contributed by atoms with Gasteiger partial charge >= 0.3 is 0 Å². The Balaban J connectivity index is 1.58. The van der Waals surface area contributed by atoms with Crippen LogP contribution < -0.4 is 15.2 Å². The Hall–Kier alpha value is -4.29. The van der Waals surface area contributed by atoms with Crippen LogP contribution in [0.1, 0.15) is 36.7 Å². The zero-order chi connectivity index (χ0) is 27.8. The summed E-state index contributed by atoms with van der Waals surface area (Å²) < 4.78 is 35.1. The molecule has 1 aliphatic heterocycles. The lowest BCUT2D eigenvalue weighted by Crippen LogP contribution is -2.57. The number of methoxy groups -OCH3 is 1. The molecule has 5 rings (SSSR count). The molecule has 0 aliphatic carbocycles. The van der Waals surface area contributed by atoms with Gasteiger partial charge in [0.05, 0.1) is 24.4 Å². The van der Waals surface area contributed by atoms with E-state index < -0.39 is 5.82 Å². The van der Waals surface area contributed by atoms with Crippen LogP contribution in [-0.4, -0.2) is 46.7 Å². The average molecular weight is 530 g/mol. The van der Waals surface area contributed by atoms with Crippen molar-refractivity contribution in [3.05, 3.63) is 99.5 Å². The number of rotatable bonds is 5. The Morgan fingerprint density at radius 1 is 1.00 bits per heavy atom. The average Bonchev–Trinajstić information content (AvgIpc) is 2.94. The van der Waals surface area contributed by atoms with Crippen LogP contribution >= 0.6 is 0 Å². The molecule has 9 heteroatoms. The Kier molecular flexibility index (Phi) is 7.06. The number of aromatic nitrogens is 2. The molecule has 0 spiro atoms. The summed E-state index contributed by atoms with van der Waals surface area (Å²) in [5.41, 5.74) is 3.68. The number of nitrogens with zero attached hydrogens (tertiary/aromatic N) is 5. The minimum atomic E-state index is -0.401. The summed E-state index contributed by atoms with van der Waals surface area (Å²) in [6.07, 6.45) is 0. The van der Waals surface area contributed by atoms with Crippen LogP contribution in [0.5, 0.6) is 5.75 Å². The topological polar surface area (TPSA) is 74.4 Å². The van der Waals surface area contributed by atoms with Crippen molar-refractivity contribution in [2.45, 2.75) is 32.0 Å². The highest BCUT2D eigenvalue weighted by atomic mass is 19.1. The van der Waals surface area contributed by atoms with Gasteiger partial charge in [0, 0.05) is 49.9 Å². The maximum absolute atomic E-state index is 14.1. The first-order chi connectivity index (χ1) is 18.7. The molecule has 2 aromatic heterocycles. The van der Waals surface area contributed by atoms with E-state index in [1.54, 1.807) is 43.4 Å². The van der Waals surface area contributed by atoms with Crippen molar-refractivity contribution in [1.29, 1.82) is 5.26 Å². The molecule has 200 valence electrons. The standard InChI is InChI=1S/C30H29F2N5O2/c1-18-17-37(30(20-5-7-21(31)8-6-20)24-11-9-22(32)13-27(24)39-4)19(2)16-36(18)26-14-28(38)35(3)25-12-10-23(15-33)34-29(25)26/h5-14,18-19,30H,16-17H2,1-4H3/t18-,19+,30?/m1/s1. The van der Waals surface area contributed by atoms with Gasteiger partial charge in [-0.05, 0) is 49.7 Å².